The van der Waals surface area contributed by atoms with Gasteiger partial charge in [0.25, 0.3) is 0 Å². The van der Waals surface area contributed by atoms with E-state index in [4.69, 9.17) is 16.3 Å². The van der Waals surface area contributed by atoms with Gasteiger partial charge in [0.2, 0.25) is 0 Å². The highest BCUT2D eigenvalue weighted by Gasteiger charge is 2.07. The highest BCUT2D eigenvalue weighted by Crippen LogP contribution is 2.26. The molecule has 2 aromatic carbocycles. The Morgan fingerprint density at radius 1 is 1.05 bits per heavy atom. The van der Waals surface area contributed by atoms with Gasteiger partial charge in [-0.2, -0.15) is 0 Å². The number of halogens is 1. The Morgan fingerprint density at radius 2 is 1.70 bits per heavy atom. The van der Waals surface area contributed by atoms with Crippen molar-refractivity contribution in [3.63, 3.8) is 0 Å². The van der Waals surface area contributed by atoms with Crippen LogP contribution in [0.15, 0.2) is 30.3 Å². The standard InChI is InChI=1S/C17H20ClNO/c1-11-7-12(2)17(13(3)8-11)19-10-14-9-15(18)5-6-16(14)20-4/h5-9,19H,10H2,1-4H3. The highest BCUT2D eigenvalue weighted by molar-refractivity contribution is 6.30. The Hall–Kier alpha value is -1.67. The van der Waals surface area contributed by atoms with Crippen molar-refractivity contribution in [2.75, 3.05) is 12.4 Å². The first-order valence-electron chi connectivity index (χ1n) is 6.65. The van der Waals surface area contributed by atoms with Gasteiger partial charge >= 0.3 is 0 Å². The Kier molecular flexibility index (Phi) is 4.56. The smallest absolute Gasteiger partial charge is 0.123 e. The second-order valence-corrected chi connectivity index (χ2v) is 5.52. The van der Waals surface area contributed by atoms with Crippen LogP contribution in [0.25, 0.3) is 0 Å². The number of hydrogen-bond donors (Lipinski definition) is 1. The van der Waals surface area contributed by atoms with Crippen molar-refractivity contribution in [3.05, 3.63) is 57.6 Å². The van der Waals surface area contributed by atoms with E-state index >= 15 is 0 Å². The van der Waals surface area contributed by atoms with E-state index in [2.05, 4.69) is 38.2 Å². The Morgan fingerprint density at radius 3 is 2.30 bits per heavy atom. The van der Waals surface area contributed by atoms with Gasteiger partial charge in [-0.15, -0.1) is 0 Å². The van der Waals surface area contributed by atoms with Crippen LogP contribution in [-0.4, -0.2) is 7.11 Å². The summed E-state index contributed by atoms with van der Waals surface area (Å²) in [6.07, 6.45) is 0. The van der Waals surface area contributed by atoms with Crippen LogP contribution in [0.5, 0.6) is 5.75 Å². The van der Waals surface area contributed by atoms with E-state index in [-0.39, 0.29) is 0 Å². The zero-order chi connectivity index (χ0) is 14.7. The summed E-state index contributed by atoms with van der Waals surface area (Å²) in [6.45, 7) is 7.05. The number of hydrogen-bond acceptors (Lipinski definition) is 2. The van der Waals surface area contributed by atoms with Gasteiger partial charge in [-0.25, -0.2) is 0 Å². The predicted octanol–water partition coefficient (Wildman–Crippen LogP) is 4.89. The minimum Gasteiger partial charge on any atom is -0.496 e. The molecule has 2 nitrogen and oxygen atoms in total. The molecule has 20 heavy (non-hydrogen) atoms. The van der Waals surface area contributed by atoms with Crippen LogP contribution < -0.4 is 10.1 Å². The number of rotatable bonds is 4. The van der Waals surface area contributed by atoms with Crippen molar-refractivity contribution in [2.45, 2.75) is 27.3 Å². The van der Waals surface area contributed by atoms with Gasteiger partial charge < -0.3 is 10.1 Å². The molecule has 2 rings (SSSR count). The third kappa shape index (κ3) is 3.26. The normalized spacial score (nSPS) is 10.4. The molecular formula is C17H20ClNO. The predicted molar refractivity (Wildman–Crippen MR) is 86.0 cm³/mol. The lowest BCUT2D eigenvalue weighted by atomic mass is 10.0. The summed E-state index contributed by atoms with van der Waals surface area (Å²) in [5.41, 5.74) is 6.02. The fourth-order valence-corrected chi connectivity index (χ4v) is 2.72. The van der Waals surface area contributed by atoms with Crippen molar-refractivity contribution in [2.24, 2.45) is 0 Å². The lowest BCUT2D eigenvalue weighted by molar-refractivity contribution is 0.410. The van der Waals surface area contributed by atoms with Crippen LogP contribution in [0.3, 0.4) is 0 Å². The Balaban J connectivity index is 2.23. The van der Waals surface area contributed by atoms with E-state index in [1.807, 2.05) is 18.2 Å². The summed E-state index contributed by atoms with van der Waals surface area (Å²) < 4.78 is 5.37. The molecular weight excluding hydrogens is 270 g/mol. The van der Waals surface area contributed by atoms with Crippen molar-refractivity contribution < 1.29 is 4.74 Å². The van der Waals surface area contributed by atoms with Gasteiger partial charge in [0.15, 0.2) is 0 Å². The molecule has 0 bridgehead atoms. The van der Waals surface area contributed by atoms with Crippen molar-refractivity contribution in [1.29, 1.82) is 0 Å². The van der Waals surface area contributed by atoms with Crippen LogP contribution in [0, 0.1) is 20.8 Å². The minimum atomic E-state index is 0.689. The first-order valence-corrected chi connectivity index (χ1v) is 7.03. The van der Waals surface area contributed by atoms with Crippen molar-refractivity contribution >= 4 is 17.3 Å². The molecule has 0 aliphatic carbocycles. The highest BCUT2D eigenvalue weighted by atomic mass is 35.5. The molecule has 0 aromatic heterocycles. The van der Waals surface area contributed by atoms with Crippen molar-refractivity contribution in [1.82, 2.24) is 0 Å². The number of aryl methyl sites for hydroxylation is 3. The van der Waals surface area contributed by atoms with Crippen molar-refractivity contribution in [3.8, 4) is 5.75 Å². The summed E-state index contributed by atoms with van der Waals surface area (Å²) in [4.78, 5) is 0. The summed E-state index contributed by atoms with van der Waals surface area (Å²) in [5, 5.41) is 4.21. The molecule has 0 heterocycles. The second kappa shape index (κ2) is 6.19. The topological polar surface area (TPSA) is 21.3 Å². The molecule has 2 aromatic rings. The quantitative estimate of drug-likeness (QED) is 0.865. The zero-order valence-electron chi connectivity index (χ0n) is 12.4. The first-order chi connectivity index (χ1) is 9.51. The lowest BCUT2D eigenvalue weighted by Crippen LogP contribution is -2.05. The molecule has 0 saturated heterocycles. The van der Waals surface area contributed by atoms with Crippen LogP contribution in [-0.2, 0) is 6.54 Å². The maximum absolute atomic E-state index is 6.06. The molecule has 0 saturated carbocycles. The van der Waals surface area contributed by atoms with E-state index < -0.39 is 0 Å². The third-order valence-corrected chi connectivity index (χ3v) is 3.61. The molecule has 1 N–H and O–H groups in total. The lowest BCUT2D eigenvalue weighted by Gasteiger charge is -2.15. The average Bonchev–Trinajstić information content (AvgIpc) is 2.37. The molecule has 0 amide bonds. The molecule has 0 unspecified atom stereocenters. The van der Waals surface area contributed by atoms with Gasteiger partial charge in [-0.1, -0.05) is 29.3 Å². The fraction of sp³-hybridized carbons (Fsp3) is 0.294. The fourth-order valence-electron chi connectivity index (χ4n) is 2.53. The average molecular weight is 290 g/mol. The first kappa shape index (κ1) is 14.7. The number of benzene rings is 2. The van der Waals surface area contributed by atoms with Crippen LogP contribution in [0.2, 0.25) is 5.02 Å². The van der Waals surface area contributed by atoms with E-state index in [0.29, 0.717) is 6.54 Å². The molecule has 0 radical (unpaired) electrons. The van der Waals surface area contributed by atoms with E-state index in [9.17, 15) is 0 Å². The van der Waals surface area contributed by atoms with Crippen LogP contribution in [0.4, 0.5) is 5.69 Å². The Labute approximate surface area is 125 Å². The van der Waals surface area contributed by atoms with E-state index in [1.54, 1.807) is 7.11 Å². The molecule has 0 fully saturated rings. The number of ether oxygens (including phenoxy) is 1. The van der Waals surface area contributed by atoms with Gasteiger partial charge in [0, 0.05) is 22.8 Å². The molecule has 106 valence electrons. The van der Waals surface area contributed by atoms with E-state index in [0.717, 1.165) is 16.3 Å². The van der Waals surface area contributed by atoms with Gasteiger partial charge in [-0.3, -0.25) is 0 Å². The second-order valence-electron chi connectivity index (χ2n) is 5.08. The summed E-state index contributed by atoms with van der Waals surface area (Å²) in [6, 6.07) is 10.0. The largest absolute Gasteiger partial charge is 0.496 e. The third-order valence-electron chi connectivity index (χ3n) is 3.38. The number of nitrogens with one attached hydrogen (secondary N) is 1. The molecule has 0 atom stereocenters. The maximum Gasteiger partial charge on any atom is 0.123 e. The molecule has 0 aliphatic rings. The molecule has 0 aliphatic heterocycles. The number of anilines is 1. The zero-order valence-corrected chi connectivity index (χ0v) is 13.1. The molecule has 0 spiro atoms. The number of methoxy groups -OCH3 is 1. The summed E-state index contributed by atoms with van der Waals surface area (Å²) >= 11 is 6.06. The van der Waals surface area contributed by atoms with Crippen LogP contribution in [0.1, 0.15) is 22.3 Å². The summed E-state index contributed by atoms with van der Waals surface area (Å²) in [5.74, 6) is 0.851. The van der Waals surface area contributed by atoms with Gasteiger partial charge in [0.1, 0.15) is 5.75 Å². The summed E-state index contributed by atoms with van der Waals surface area (Å²) in [7, 11) is 1.68. The molecule has 3 heteroatoms. The van der Waals surface area contributed by atoms with Gasteiger partial charge in [-0.05, 0) is 50.1 Å². The monoisotopic (exact) mass is 289 g/mol. The Bertz CT molecular complexity index is 599. The maximum atomic E-state index is 6.06. The van der Waals surface area contributed by atoms with E-state index in [1.165, 1.54) is 22.4 Å². The van der Waals surface area contributed by atoms with Crippen LogP contribution >= 0.6 is 11.6 Å². The minimum absolute atomic E-state index is 0.689. The SMILES string of the molecule is COc1ccc(Cl)cc1CNc1c(C)cc(C)cc1C. The van der Waals surface area contributed by atoms with Gasteiger partial charge in [0.05, 0.1) is 7.11 Å².